The number of benzene rings is 2. The van der Waals surface area contributed by atoms with Gasteiger partial charge in [-0.15, -0.1) is 11.3 Å². The highest BCUT2D eigenvalue weighted by Gasteiger charge is 2.18. The molecule has 4 rings (SSSR count). The van der Waals surface area contributed by atoms with E-state index in [4.69, 9.17) is 5.73 Å². The normalized spacial score (nSPS) is 13.8. The number of amides is 2. The quantitative estimate of drug-likeness (QED) is 0.603. The Bertz CT molecular complexity index is 1110. The summed E-state index contributed by atoms with van der Waals surface area (Å²) in [5.74, 6) is -1.11. The Kier molecular flexibility index (Phi) is 6.27. The molecule has 1 saturated heterocycles. The number of halogens is 1. The zero-order valence-electron chi connectivity index (χ0n) is 16.9. The van der Waals surface area contributed by atoms with Crippen LogP contribution in [0.15, 0.2) is 47.8 Å². The molecule has 0 unspecified atom stereocenters. The number of hydrogen-bond acceptors (Lipinski definition) is 5. The first-order chi connectivity index (χ1) is 15.0. The summed E-state index contributed by atoms with van der Waals surface area (Å²) in [5.41, 5.74) is 8.52. The molecule has 0 saturated carbocycles. The van der Waals surface area contributed by atoms with E-state index in [1.165, 1.54) is 29.9 Å². The molecule has 2 amide bonds. The van der Waals surface area contributed by atoms with Gasteiger partial charge in [-0.05, 0) is 49.6 Å². The highest BCUT2D eigenvalue weighted by molar-refractivity contribution is 7.13. The summed E-state index contributed by atoms with van der Waals surface area (Å²) < 4.78 is 13.5. The molecule has 31 heavy (non-hydrogen) atoms. The van der Waals surface area contributed by atoms with Gasteiger partial charge in [-0.3, -0.25) is 9.59 Å². The summed E-state index contributed by atoms with van der Waals surface area (Å²) >= 11 is 1.36. The first-order valence-corrected chi connectivity index (χ1v) is 11.1. The van der Waals surface area contributed by atoms with Crippen molar-refractivity contribution in [3.05, 3.63) is 64.9 Å². The van der Waals surface area contributed by atoms with Crippen LogP contribution in [-0.4, -0.2) is 29.9 Å². The van der Waals surface area contributed by atoms with E-state index < -0.39 is 5.91 Å². The van der Waals surface area contributed by atoms with Gasteiger partial charge in [0.1, 0.15) is 10.8 Å². The van der Waals surface area contributed by atoms with E-state index in [2.05, 4.69) is 15.2 Å². The maximum absolute atomic E-state index is 13.5. The fraction of sp³-hybridized carbons (Fsp3) is 0.261. The minimum atomic E-state index is -0.542. The monoisotopic (exact) mass is 438 g/mol. The van der Waals surface area contributed by atoms with E-state index in [1.54, 1.807) is 29.6 Å². The van der Waals surface area contributed by atoms with Gasteiger partial charge in [0.2, 0.25) is 11.8 Å². The molecule has 1 aliphatic heterocycles. The van der Waals surface area contributed by atoms with Crippen LogP contribution in [-0.2, 0) is 11.2 Å². The molecule has 3 aromatic rings. The van der Waals surface area contributed by atoms with Crippen LogP contribution in [0.25, 0.3) is 10.6 Å². The van der Waals surface area contributed by atoms with Gasteiger partial charge in [0, 0.05) is 29.6 Å². The van der Waals surface area contributed by atoms with Gasteiger partial charge in [-0.2, -0.15) is 0 Å². The molecule has 3 N–H and O–H groups in total. The van der Waals surface area contributed by atoms with Gasteiger partial charge in [-0.25, -0.2) is 9.37 Å². The molecule has 160 valence electrons. The Balaban J connectivity index is 1.51. The fourth-order valence-electron chi connectivity index (χ4n) is 3.70. The Hall–Kier alpha value is -3.26. The van der Waals surface area contributed by atoms with Crippen LogP contribution in [0.3, 0.4) is 0 Å². The molecule has 0 atom stereocenters. The summed E-state index contributed by atoms with van der Waals surface area (Å²) in [5, 5.41) is 5.38. The summed E-state index contributed by atoms with van der Waals surface area (Å²) in [4.78, 5) is 31.1. The van der Waals surface area contributed by atoms with Gasteiger partial charge in [0.15, 0.2) is 0 Å². The van der Waals surface area contributed by atoms with Crippen molar-refractivity contribution in [2.45, 2.75) is 25.7 Å². The van der Waals surface area contributed by atoms with Gasteiger partial charge in [-0.1, -0.05) is 12.1 Å². The van der Waals surface area contributed by atoms with Crippen LogP contribution >= 0.6 is 11.3 Å². The minimum Gasteiger partial charge on any atom is -0.370 e. The number of hydrogen-bond donors (Lipinski definition) is 2. The summed E-state index contributed by atoms with van der Waals surface area (Å²) in [6.07, 6.45) is 3.44. The van der Waals surface area contributed by atoms with E-state index in [0.29, 0.717) is 27.5 Å². The van der Waals surface area contributed by atoms with Gasteiger partial charge < -0.3 is 16.0 Å². The van der Waals surface area contributed by atoms with Crippen molar-refractivity contribution >= 4 is 34.5 Å². The van der Waals surface area contributed by atoms with Crippen LogP contribution in [0.1, 0.15) is 35.3 Å². The van der Waals surface area contributed by atoms with E-state index in [9.17, 15) is 14.0 Å². The third-order valence-electron chi connectivity index (χ3n) is 5.22. The number of nitrogens with two attached hydrogens (primary N) is 1. The van der Waals surface area contributed by atoms with Crippen molar-refractivity contribution in [1.29, 1.82) is 0 Å². The fourth-order valence-corrected chi connectivity index (χ4v) is 4.52. The second-order valence-electron chi connectivity index (χ2n) is 7.52. The number of anilines is 2. The van der Waals surface area contributed by atoms with Crippen molar-refractivity contribution in [2.75, 3.05) is 23.3 Å². The average molecular weight is 439 g/mol. The molecular formula is C23H23FN4O2S. The Morgan fingerprint density at radius 1 is 1.13 bits per heavy atom. The lowest BCUT2D eigenvalue weighted by molar-refractivity contribution is -0.115. The summed E-state index contributed by atoms with van der Waals surface area (Å²) in [6.45, 7) is 1.81. The minimum absolute atomic E-state index is 0.0755. The van der Waals surface area contributed by atoms with Crippen LogP contribution in [0.2, 0.25) is 0 Å². The number of nitrogens with zero attached hydrogens (tertiary/aromatic N) is 2. The first-order valence-electron chi connectivity index (χ1n) is 10.2. The van der Waals surface area contributed by atoms with Crippen molar-refractivity contribution in [3.8, 4) is 10.6 Å². The lowest BCUT2D eigenvalue weighted by Gasteiger charge is -2.30. The molecule has 2 heterocycles. The highest BCUT2D eigenvalue weighted by Crippen LogP contribution is 2.30. The molecule has 2 aromatic carbocycles. The smallest absolute Gasteiger partial charge is 0.248 e. The molecule has 1 aromatic heterocycles. The Labute approximate surface area is 183 Å². The van der Waals surface area contributed by atoms with Crippen LogP contribution in [0.4, 0.5) is 15.8 Å². The van der Waals surface area contributed by atoms with Crippen molar-refractivity contribution in [1.82, 2.24) is 4.98 Å². The predicted octanol–water partition coefficient (Wildman–Crippen LogP) is 4.22. The number of piperidine rings is 1. The number of carbonyl (C=O) groups is 2. The van der Waals surface area contributed by atoms with E-state index in [0.717, 1.165) is 31.6 Å². The third-order valence-corrected chi connectivity index (χ3v) is 6.16. The van der Waals surface area contributed by atoms with E-state index in [1.807, 2.05) is 6.07 Å². The van der Waals surface area contributed by atoms with Gasteiger partial charge in [0.25, 0.3) is 0 Å². The van der Waals surface area contributed by atoms with Crippen LogP contribution in [0, 0.1) is 5.82 Å². The second kappa shape index (κ2) is 9.26. The summed E-state index contributed by atoms with van der Waals surface area (Å²) in [7, 11) is 0. The average Bonchev–Trinajstić information content (AvgIpc) is 3.22. The van der Waals surface area contributed by atoms with E-state index >= 15 is 0 Å². The SMILES string of the molecule is NC(=O)c1ccc(N2CCCCC2)c(NC(=O)Cc2csc(-c3cccc(F)c3)n2)c1. The number of nitrogens with one attached hydrogen (secondary N) is 1. The molecule has 0 bridgehead atoms. The standard InChI is InChI=1S/C23H23FN4O2S/c24-17-6-4-5-16(11-17)23-26-18(14-31-23)13-21(29)27-19-12-15(22(25)30)7-8-20(19)28-9-2-1-3-10-28/h4-8,11-12,14H,1-3,9-10,13H2,(H2,25,30)(H,27,29). The predicted molar refractivity (Wildman–Crippen MR) is 121 cm³/mol. The largest absolute Gasteiger partial charge is 0.370 e. The lowest BCUT2D eigenvalue weighted by atomic mass is 10.1. The number of primary amides is 1. The zero-order valence-corrected chi connectivity index (χ0v) is 17.8. The maximum atomic E-state index is 13.5. The molecule has 0 spiro atoms. The number of thiazole rings is 1. The first kappa shape index (κ1) is 21.0. The Morgan fingerprint density at radius 3 is 2.68 bits per heavy atom. The molecular weight excluding hydrogens is 415 g/mol. The van der Waals surface area contributed by atoms with Crippen molar-refractivity contribution in [2.24, 2.45) is 5.73 Å². The van der Waals surface area contributed by atoms with E-state index in [-0.39, 0.29) is 18.1 Å². The molecule has 0 radical (unpaired) electrons. The van der Waals surface area contributed by atoms with Crippen LogP contribution in [0.5, 0.6) is 0 Å². The maximum Gasteiger partial charge on any atom is 0.248 e. The lowest BCUT2D eigenvalue weighted by Crippen LogP contribution is -2.30. The summed E-state index contributed by atoms with van der Waals surface area (Å²) in [6, 6.07) is 11.4. The number of rotatable bonds is 6. The Morgan fingerprint density at radius 2 is 1.94 bits per heavy atom. The molecule has 8 heteroatoms. The number of aromatic nitrogens is 1. The molecule has 1 aliphatic rings. The highest BCUT2D eigenvalue weighted by atomic mass is 32.1. The topological polar surface area (TPSA) is 88.3 Å². The second-order valence-corrected chi connectivity index (χ2v) is 8.38. The zero-order chi connectivity index (χ0) is 21.8. The molecule has 1 fully saturated rings. The van der Waals surface area contributed by atoms with Crippen molar-refractivity contribution < 1.29 is 14.0 Å². The third kappa shape index (κ3) is 5.08. The molecule has 6 nitrogen and oxygen atoms in total. The molecule has 0 aliphatic carbocycles. The van der Waals surface area contributed by atoms with Crippen molar-refractivity contribution in [3.63, 3.8) is 0 Å². The van der Waals surface area contributed by atoms with Gasteiger partial charge >= 0.3 is 0 Å². The van der Waals surface area contributed by atoms with Crippen LogP contribution < -0.4 is 16.0 Å². The number of carbonyl (C=O) groups excluding carboxylic acids is 2. The van der Waals surface area contributed by atoms with Gasteiger partial charge in [0.05, 0.1) is 23.5 Å².